The van der Waals surface area contributed by atoms with Crippen LogP contribution in [0.3, 0.4) is 0 Å². The van der Waals surface area contributed by atoms with Crippen LogP contribution in [0.25, 0.3) is 10.9 Å². The molecule has 5 heteroatoms. The van der Waals surface area contributed by atoms with Crippen LogP contribution in [0.4, 0.5) is 5.82 Å². The van der Waals surface area contributed by atoms with Gasteiger partial charge in [0.15, 0.2) is 5.75 Å². The van der Waals surface area contributed by atoms with Crippen LogP contribution in [-0.4, -0.2) is 10.1 Å². The minimum atomic E-state index is -0.160. The number of aromatic hydroxyl groups is 1. The summed E-state index contributed by atoms with van der Waals surface area (Å²) < 4.78 is 0. The van der Waals surface area contributed by atoms with E-state index in [0.717, 1.165) is 0 Å². The molecule has 0 spiro atoms. The van der Waals surface area contributed by atoms with Crippen molar-refractivity contribution in [3.05, 3.63) is 28.1 Å². The highest BCUT2D eigenvalue weighted by molar-refractivity contribution is 6.31. The number of halogens is 1. The van der Waals surface area contributed by atoms with Crippen LogP contribution < -0.4 is 0 Å². The van der Waals surface area contributed by atoms with E-state index in [4.69, 9.17) is 11.6 Å². The second-order valence-corrected chi connectivity index (χ2v) is 3.04. The molecule has 0 aliphatic rings. The molecule has 0 amide bonds. The first-order chi connectivity index (χ1) is 6.22. The first-order valence-electron chi connectivity index (χ1n) is 3.56. The molecule has 0 unspecified atom stereocenters. The van der Waals surface area contributed by atoms with E-state index >= 15 is 0 Å². The van der Waals surface area contributed by atoms with Gasteiger partial charge in [0.2, 0.25) is 5.82 Å². The summed E-state index contributed by atoms with van der Waals surface area (Å²) in [6.07, 6.45) is 0. The Morgan fingerprint density at radius 2 is 2.23 bits per heavy atom. The van der Waals surface area contributed by atoms with Gasteiger partial charge in [-0.1, -0.05) is 11.6 Å². The maximum absolute atomic E-state index is 10.2. The number of H-pyrrole nitrogens is 1. The third kappa shape index (κ3) is 1.15. The molecular formula is C8H5ClN2O2. The molecule has 0 radical (unpaired) electrons. The third-order valence-corrected chi connectivity index (χ3v) is 2.04. The highest BCUT2D eigenvalue weighted by atomic mass is 35.5. The topological polar surface area (TPSA) is 65.5 Å². The lowest BCUT2D eigenvalue weighted by Gasteiger charge is -1.90. The second-order valence-electron chi connectivity index (χ2n) is 2.60. The van der Waals surface area contributed by atoms with E-state index in [-0.39, 0.29) is 11.6 Å². The lowest BCUT2D eigenvalue weighted by atomic mass is 10.2. The zero-order chi connectivity index (χ0) is 9.42. The Balaban J connectivity index is 2.84. The molecular weight excluding hydrogens is 192 g/mol. The number of fused-ring (bicyclic) bond motifs is 1. The van der Waals surface area contributed by atoms with Crippen LogP contribution in [-0.2, 0) is 0 Å². The quantitative estimate of drug-likeness (QED) is 0.689. The van der Waals surface area contributed by atoms with Gasteiger partial charge in [0.25, 0.3) is 0 Å². The highest BCUT2D eigenvalue weighted by Crippen LogP contribution is 2.35. The van der Waals surface area contributed by atoms with Gasteiger partial charge in [-0.15, -0.1) is 4.91 Å². The summed E-state index contributed by atoms with van der Waals surface area (Å²) in [6, 6.07) is 4.90. The molecule has 0 saturated heterocycles. The first-order valence-corrected chi connectivity index (χ1v) is 3.93. The summed E-state index contributed by atoms with van der Waals surface area (Å²) in [4.78, 5) is 12.9. The number of benzene rings is 1. The van der Waals surface area contributed by atoms with Gasteiger partial charge < -0.3 is 10.1 Å². The highest BCUT2D eigenvalue weighted by Gasteiger charge is 2.10. The Kier molecular flexibility index (Phi) is 1.70. The van der Waals surface area contributed by atoms with Gasteiger partial charge in [-0.25, -0.2) is 0 Å². The minimum Gasteiger partial charge on any atom is -0.504 e. The van der Waals surface area contributed by atoms with E-state index in [1.54, 1.807) is 18.2 Å². The summed E-state index contributed by atoms with van der Waals surface area (Å²) in [5.74, 6) is -0.232. The van der Waals surface area contributed by atoms with E-state index < -0.39 is 0 Å². The monoisotopic (exact) mass is 196 g/mol. The Labute approximate surface area is 78.1 Å². The van der Waals surface area contributed by atoms with E-state index in [0.29, 0.717) is 15.9 Å². The summed E-state index contributed by atoms with van der Waals surface area (Å²) >= 11 is 5.71. The van der Waals surface area contributed by atoms with Crippen LogP contribution in [0.1, 0.15) is 0 Å². The first kappa shape index (κ1) is 8.07. The molecule has 0 aliphatic carbocycles. The van der Waals surface area contributed by atoms with Crippen molar-refractivity contribution in [3.8, 4) is 5.75 Å². The summed E-state index contributed by atoms with van der Waals surface area (Å²) in [5, 5.41) is 13.1. The van der Waals surface area contributed by atoms with Gasteiger partial charge in [-0.05, 0) is 23.4 Å². The number of aromatic amines is 1. The molecule has 1 heterocycles. The number of hydrogen-bond donors (Lipinski definition) is 2. The SMILES string of the molecule is O=Nc1[nH]c2ccc(Cl)cc2c1O. The van der Waals surface area contributed by atoms with Crippen LogP contribution in [0.15, 0.2) is 23.4 Å². The Hall–Kier alpha value is -1.55. The zero-order valence-corrected chi connectivity index (χ0v) is 7.17. The number of nitroso groups, excluding NO2 is 1. The lowest BCUT2D eigenvalue weighted by Crippen LogP contribution is -1.66. The van der Waals surface area contributed by atoms with Gasteiger partial charge in [0.1, 0.15) is 0 Å². The van der Waals surface area contributed by atoms with E-state index in [1.807, 2.05) is 0 Å². The minimum absolute atomic E-state index is 0.0720. The van der Waals surface area contributed by atoms with Gasteiger partial charge in [0.05, 0.1) is 5.52 Å². The maximum Gasteiger partial charge on any atom is 0.218 e. The van der Waals surface area contributed by atoms with Crippen molar-refractivity contribution in [1.82, 2.24) is 4.98 Å². The lowest BCUT2D eigenvalue weighted by molar-refractivity contribution is 0.483. The number of nitrogens with one attached hydrogen (secondary N) is 1. The van der Waals surface area contributed by atoms with Gasteiger partial charge >= 0.3 is 0 Å². The molecule has 0 aliphatic heterocycles. The van der Waals surface area contributed by atoms with Gasteiger partial charge in [0, 0.05) is 10.4 Å². The van der Waals surface area contributed by atoms with E-state index in [1.165, 1.54) is 0 Å². The van der Waals surface area contributed by atoms with Crippen molar-refractivity contribution < 1.29 is 5.11 Å². The van der Waals surface area contributed by atoms with E-state index in [9.17, 15) is 10.0 Å². The fourth-order valence-corrected chi connectivity index (χ4v) is 1.37. The van der Waals surface area contributed by atoms with Crippen molar-refractivity contribution in [2.24, 2.45) is 5.18 Å². The summed E-state index contributed by atoms with van der Waals surface area (Å²) in [5.41, 5.74) is 0.636. The number of rotatable bonds is 1. The average molecular weight is 197 g/mol. The smallest absolute Gasteiger partial charge is 0.218 e. The summed E-state index contributed by atoms with van der Waals surface area (Å²) in [7, 11) is 0. The van der Waals surface area contributed by atoms with Crippen molar-refractivity contribution in [3.63, 3.8) is 0 Å². The van der Waals surface area contributed by atoms with Crippen molar-refractivity contribution >= 4 is 28.3 Å². The predicted molar refractivity (Wildman–Crippen MR) is 50.4 cm³/mol. The summed E-state index contributed by atoms with van der Waals surface area (Å²) in [6.45, 7) is 0. The normalized spacial score (nSPS) is 10.5. The molecule has 2 N–H and O–H groups in total. The van der Waals surface area contributed by atoms with Crippen LogP contribution in [0.2, 0.25) is 5.02 Å². The zero-order valence-electron chi connectivity index (χ0n) is 6.41. The molecule has 0 saturated carbocycles. The third-order valence-electron chi connectivity index (χ3n) is 1.81. The number of hydrogen-bond acceptors (Lipinski definition) is 3. The molecule has 1 aromatic carbocycles. The average Bonchev–Trinajstić information content (AvgIpc) is 2.44. The van der Waals surface area contributed by atoms with Crippen molar-refractivity contribution in [2.45, 2.75) is 0 Å². The van der Waals surface area contributed by atoms with Crippen LogP contribution in [0.5, 0.6) is 5.75 Å². The largest absolute Gasteiger partial charge is 0.504 e. The number of aromatic nitrogens is 1. The number of nitrogens with zero attached hydrogens (tertiary/aromatic N) is 1. The fraction of sp³-hybridized carbons (Fsp3) is 0. The Morgan fingerprint density at radius 1 is 1.46 bits per heavy atom. The van der Waals surface area contributed by atoms with E-state index in [2.05, 4.69) is 10.2 Å². The molecule has 0 bridgehead atoms. The van der Waals surface area contributed by atoms with Crippen molar-refractivity contribution in [2.75, 3.05) is 0 Å². The maximum atomic E-state index is 10.2. The predicted octanol–water partition coefficient (Wildman–Crippen LogP) is 2.92. The fourth-order valence-electron chi connectivity index (χ4n) is 1.20. The standard InChI is InChI=1S/C8H5ClN2O2/c9-4-1-2-6-5(3-4)7(12)8(10-6)11-13/h1-3,10,12H. The van der Waals surface area contributed by atoms with Crippen LogP contribution in [0, 0.1) is 4.91 Å². The molecule has 2 aromatic rings. The molecule has 1 aromatic heterocycles. The molecule has 0 fully saturated rings. The Bertz CT molecular complexity index is 478. The molecule has 0 atom stereocenters. The molecule has 66 valence electrons. The van der Waals surface area contributed by atoms with Gasteiger partial charge in [-0.2, -0.15) is 0 Å². The second kappa shape index (κ2) is 2.74. The van der Waals surface area contributed by atoms with Gasteiger partial charge in [-0.3, -0.25) is 0 Å². The van der Waals surface area contributed by atoms with Crippen molar-refractivity contribution in [1.29, 1.82) is 0 Å². The Morgan fingerprint density at radius 3 is 2.92 bits per heavy atom. The molecule has 13 heavy (non-hydrogen) atoms. The van der Waals surface area contributed by atoms with Crippen LogP contribution >= 0.6 is 11.6 Å². The molecule has 2 rings (SSSR count). The molecule has 4 nitrogen and oxygen atoms in total.